The van der Waals surface area contributed by atoms with Crippen LogP contribution in [0.15, 0.2) is 11.6 Å². The van der Waals surface area contributed by atoms with Crippen LogP contribution < -0.4 is 5.32 Å². The van der Waals surface area contributed by atoms with E-state index in [2.05, 4.69) is 11.4 Å². The van der Waals surface area contributed by atoms with Gasteiger partial charge in [-0.2, -0.15) is 0 Å². The van der Waals surface area contributed by atoms with Gasteiger partial charge in [0, 0.05) is 5.57 Å². The van der Waals surface area contributed by atoms with Crippen molar-refractivity contribution in [3.8, 4) is 0 Å². The molecule has 1 saturated heterocycles. The molecule has 0 saturated carbocycles. The van der Waals surface area contributed by atoms with E-state index in [0.717, 1.165) is 18.4 Å². The number of carbonyl (C=O) groups is 1. The summed E-state index contributed by atoms with van der Waals surface area (Å²) in [5.41, 5.74) is 1.05. The molecule has 1 N–H and O–H groups in total. The van der Waals surface area contributed by atoms with Crippen molar-refractivity contribution < 1.29 is 4.79 Å². The number of hydrogen-bond acceptors (Lipinski definition) is 1. The number of rotatable bonds is 0. The Morgan fingerprint density at radius 2 is 2.08 bits per heavy atom. The molecule has 2 aliphatic rings. The van der Waals surface area contributed by atoms with E-state index in [0.29, 0.717) is 6.04 Å². The highest BCUT2D eigenvalue weighted by Gasteiger charge is 2.31. The van der Waals surface area contributed by atoms with Gasteiger partial charge in [0.15, 0.2) is 0 Å². The highest BCUT2D eigenvalue weighted by atomic mass is 16.2. The topological polar surface area (TPSA) is 29.1 Å². The second-order valence-electron chi connectivity index (χ2n) is 3.68. The summed E-state index contributed by atoms with van der Waals surface area (Å²) in [6.07, 6.45) is 9.55. The maximum absolute atomic E-state index is 11.1. The molecule has 1 fully saturated rings. The van der Waals surface area contributed by atoms with Crippen molar-refractivity contribution in [2.24, 2.45) is 0 Å². The van der Waals surface area contributed by atoms with Crippen LogP contribution >= 0.6 is 0 Å². The van der Waals surface area contributed by atoms with Gasteiger partial charge in [-0.3, -0.25) is 4.79 Å². The van der Waals surface area contributed by atoms with Crippen molar-refractivity contribution in [3.05, 3.63) is 11.6 Å². The first-order valence-electron chi connectivity index (χ1n) is 4.89. The van der Waals surface area contributed by atoms with Gasteiger partial charge in [-0.1, -0.05) is 25.3 Å². The van der Waals surface area contributed by atoms with Gasteiger partial charge in [-0.25, -0.2) is 0 Å². The minimum absolute atomic E-state index is 0.168. The lowest BCUT2D eigenvalue weighted by molar-refractivity contribution is -0.122. The quantitative estimate of drug-likeness (QED) is 0.544. The van der Waals surface area contributed by atoms with Crippen LogP contribution in [0, 0.1) is 0 Å². The molecule has 1 aliphatic carbocycles. The van der Waals surface area contributed by atoms with E-state index >= 15 is 0 Å². The van der Waals surface area contributed by atoms with Gasteiger partial charge in [-0.15, -0.1) is 0 Å². The van der Waals surface area contributed by atoms with Crippen LogP contribution in [0.25, 0.3) is 0 Å². The predicted molar refractivity (Wildman–Crippen MR) is 47.7 cm³/mol. The number of fused-ring (bicyclic) bond motifs is 1. The van der Waals surface area contributed by atoms with Gasteiger partial charge < -0.3 is 5.32 Å². The van der Waals surface area contributed by atoms with Gasteiger partial charge in [0.25, 0.3) is 0 Å². The molecule has 2 heteroatoms. The predicted octanol–water partition coefficient (Wildman–Crippen LogP) is 1.77. The van der Waals surface area contributed by atoms with Crippen molar-refractivity contribution in [3.63, 3.8) is 0 Å². The number of amides is 1. The normalized spacial score (nSPS) is 34.2. The summed E-state index contributed by atoms with van der Waals surface area (Å²) in [7, 11) is 0. The third-order valence-electron chi connectivity index (χ3n) is 2.75. The molecule has 0 aromatic heterocycles. The van der Waals surface area contributed by atoms with Crippen molar-refractivity contribution in [1.29, 1.82) is 0 Å². The summed E-state index contributed by atoms with van der Waals surface area (Å²) < 4.78 is 0. The Kier molecular flexibility index (Phi) is 2.15. The molecule has 0 unspecified atom stereocenters. The van der Waals surface area contributed by atoms with E-state index in [1.807, 2.05) is 0 Å². The van der Waals surface area contributed by atoms with Crippen molar-refractivity contribution in [2.75, 3.05) is 0 Å². The second-order valence-corrected chi connectivity index (χ2v) is 3.68. The maximum Gasteiger partial charge on any atom is 0.249 e. The van der Waals surface area contributed by atoms with Gasteiger partial charge in [0.2, 0.25) is 5.91 Å². The minimum Gasteiger partial charge on any atom is -0.345 e. The van der Waals surface area contributed by atoms with Crippen LogP contribution in [0.1, 0.15) is 38.5 Å². The Labute approximate surface area is 73.0 Å². The largest absolute Gasteiger partial charge is 0.345 e. The van der Waals surface area contributed by atoms with Gasteiger partial charge in [0.1, 0.15) is 0 Å². The minimum atomic E-state index is 0.168. The molecule has 1 atom stereocenters. The number of nitrogens with one attached hydrogen (secondary N) is 1. The Bertz CT molecular complexity index is 220. The third-order valence-corrected chi connectivity index (χ3v) is 2.75. The molecule has 66 valence electrons. The highest BCUT2D eigenvalue weighted by molar-refractivity contribution is 6.01. The first-order chi connectivity index (χ1) is 5.88. The standard InChI is InChI=1S/C10H15NO/c12-10-8-6-4-2-1-3-5-7-9(8)11-10/h6,9H,1-5,7H2,(H,11,12)/b8-6+/t9-/m0/s1. The lowest BCUT2D eigenvalue weighted by Crippen LogP contribution is -2.51. The Balaban J connectivity index is 2.02. The Hall–Kier alpha value is -0.790. The molecule has 1 heterocycles. The number of carbonyl (C=O) groups excluding carboxylic acids is 1. The molecular weight excluding hydrogens is 150 g/mol. The summed E-state index contributed by atoms with van der Waals surface area (Å²) >= 11 is 0. The molecular formula is C10H15NO. The first-order valence-corrected chi connectivity index (χ1v) is 4.89. The molecule has 12 heavy (non-hydrogen) atoms. The fourth-order valence-electron chi connectivity index (χ4n) is 1.97. The number of allylic oxidation sites excluding steroid dienone is 1. The lowest BCUT2D eigenvalue weighted by atomic mass is 9.93. The summed E-state index contributed by atoms with van der Waals surface area (Å²) in [5.74, 6) is 0.168. The Morgan fingerprint density at radius 3 is 2.92 bits per heavy atom. The summed E-state index contributed by atoms with van der Waals surface area (Å²) in [6.45, 7) is 0. The molecule has 1 amide bonds. The lowest BCUT2D eigenvalue weighted by Gasteiger charge is -2.30. The average Bonchev–Trinajstić information content (AvgIpc) is 2.14. The van der Waals surface area contributed by atoms with Crippen LogP contribution in [0.2, 0.25) is 0 Å². The summed E-state index contributed by atoms with van der Waals surface area (Å²) in [6, 6.07) is 0.399. The fraction of sp³-hybridized carbons (Fsp3) is 0.700. The van der Waals surface area contributed by atoms with Crippen LogP contribution in [-0.2, 0) is 4.79 Å². The molecule has 0 aromatic carbocycles. The molecule has 0 bridgehead atoms. The van der Waals surface area contributed by atoms with Gasteiger partial charge in [-0.05, 0) is 19.3 Å². The molecule has 0 radical (unpaired) electrons. The number of β-lactam (4-membered cyclic amide) rings is 1. The van der Waals surface area contributed by atoms with Crippen molar-refractivity contribution in [1.82, 2.24) is 5.32 Å². The van der Waals surface area contributed by atoms with E-state index in [1.165, 1.54) is 25.7 Å². The Morgan fingerprint density at radius 1 is 1.25 bits per heavy atom. The molecule has 1 aliphatic heterocycles. The maximum atomic E-state index is 11.1. The zero-order chi connectivity index (χ0) is 8.39. The SMILES string of the molecule is O=C1N[C@H]2CCCCCC/C=C/12. The molecule has 0 aromatic rings. The number of hydrogen-bond donors (Lipinski definition) is 1. The zero-order valence-corrected chi connectivity index (χ0v) is 7.31. The highest BCUT2D eigenvalue weighted by Crippen LogP contribution is 2.23. The van der Waals surface area contributed by atoms with Crippen LogP contribution in [-0.4, -0.2) is 11.9 Å². The van der Waals surface area contributed by atoms with Crippen LogP contribution in [0.5, 0.6) is 0 Å². The molecule has 0 spiro atoms. The van der Waals surface area contributed by atoms with Crippen LogP contribution in [0.3, 0.4) is 0 Å². The van der Waals surface area contributed by atoms with E-state index < -0.39 is 0 Å². The van der Waals surface area contributed by atoms with Gasteiger partial charge in [0.05, 0.1) is 6.04 Å². The summed E-state index contributed by atoms with van der Waals surface area (Å²) in [4.78, 5) is 11.1. The van der Waals surface area contributed by atoms with E-state index in [-0.39, 0.29) is 5.91 Å². The fourth-order valence-corrected chi connectivity index (χ4v) is 1.97. The first kappa shape index (κ1) is 7.84. The van der Waals surface area contributed by atoms with Crippen LogP contribution in [0.4, 0.5) is 0 Å². The summed E-state index contributed by atoms with van der Waals surface area (Å²) in [5, 5.41) is 2.93. The van der Waals surface area contributed by atoms with E-state index in [9.17, 15) is 4.79 Å². The van der Waals surface area contributed by atoms with E-state index in [4.69, 9.17) is 0 Å². The van der Waals surface area contributed by atoms with Crippen molar-refractivity contribution in [2.45, 2.75) is 44.6 Å². The monoisotopic (exact) mass is 165 g/mol. The molecule has 2 nitrogen and oxygen atoms in total. The smallest absolute Gasteiger partial charge is 0.249 e. The average molecular weight is 165 g/mol. The molecule has 2 rings (SSSR count). The van der Waals surface area contributed by atoms with Crippen molar-refractivity contribution >= 4 is 5.91 Å². The third kappa shape index (κ3) is 1.38. The second kappa shape index (κ2) is 3.30. The van der Waals surface area contributed by atoms with Gasteiger partial charge >= 0.3 is 0 Å². The van der Waals surface area contributed by atoms with E-state index in [1.54, 1.807) is 0 Å². The zero-order valence-electron chi connectivity index (χ0n) is 7.31.